The molecule has 0 aliphatic rings. The summed E-state index contributed by atoms with van der Waals surface area (Å²) in [6.45, 7) is 11.8. The number of unbranched alkanes of at least 4 members (excludes halogenated alkanes) is 2. The highest BCUT2D eigenvalue weighted by molar-refractivity contribution is 5.71. The van der Waals surface area contributed by atoms with Gasteiger partial charge in [0.25, 0.3) is 0 Å². The van der Waals surface area contributed by atoms with Crippen LogP contribution in [0.4, 0.5) is 0 Å². The van der Waals surface area contributed by atoms with Gasteiger partial charge in [-0.2, -0.15) is 0 Å². The molecule has 0 radical (unpaired) electrons. The van der Waals surface area contributed by atoms with Crippen molar-refractivity contribution in [1.29, 1.82) is 0 Å². The van der Waals surface area contributed by atoms with Crippen LogP contribution in [0.3, 0.4) is 0 Å². The second-order valence-corrected chi connectivity index (χ2v) is 4.87. The van der Waals surface area contributed by atoms with Crippen LogP contribution in [0.5, 0.6) is 0 Å². The zero-order valence-electron chi connectivity index (χ0n) is 12.0. The molecule has 0 saturated heterocycles. The van der Waals surface area contributed by atoms with Gasteiger partial charge in [0, 0.05) is 6.54 Å². The number of carbonyl (C=O) groups is 1. The molecule has 0 rings (SSSR count). The molecule has 0 fully saturated rings. The Morgan fingerprint density at radius 1 is 1.06 bits per heavy atom. The summed E-state index contributed by atoms with van der Waals surface area (Å²) in [6, 6.07) is 0. The molecule has 0 saturated carbocycles. The van der Waals surface area contributed by atoms with Crippen molar-refractivity contribution in [3.63, 3.8) is 0 Å². The predicted molar refractivity (Wildman–Crippen MR) is 72.1 cm³/mol. The molecular formula is C14H29NO2. The lowest BCUT2D eigenvalue weighted by molar-refractivity contribution is -0.147. The molecule has 0 atom stereocenters. The van der Waals surface area contributed by atoms with Gasteiger partial charge >= 0.3 is 5.97 Å². The van der Waals surface area contributed by atoms with Crippen LogP contribution in [0.1, 0.15) is 53.4 Å². The van der Waals surface area contributed by atoms with E-state index in [0.29, 0.717) is 6.61 Å². The fraction of sp³-hybridized carbons (Fsp3) is 0.929. The van der Waals surface area contributed by atoms with Crippen molar-refractivity contribution in [2.45, 2.75) is 53.4 Å². The van der Waals surface area contributed by atoms with E-state index in [1.165, 1.54) is 25.7 Å². The van der Waals surface area contributed by atoms with Gasteiger partial charge in [0.1, 0.15) is 6.61 Å². The molecule has 3 heteroatoms. The van der Waals surface area contributed by atoms with Crippen LogP contribution in [-0.4, -0.2) is 37.1 Å². The van der Waals surface area contributed by atoms with Crippen LogP contribution >= 0.6 is 0 Å². The predicted octanol–water partition coefficient (Wildman–Crippen LogP) is 3.09. The molecule has 102 valence electrons. The summed E-state index contributed by atoms with van der Waals surface area (Å²) in [5.74, 6) is -0.106. The van der Waals surface area contributed by atoms with Crippen LogP contribution in [0.2, 0.25) is 0 Å². The van der Waals surface area contributed by atoms with Gasteiger partial charge in [-0.05, 0) is 25.9 Å². The smallest absolute Gasteiger partial charge is 0.308 e. The van der Waals surface area contributed by atoms with Crippen LogP contribution in [-0.2, 0) is 9.53 Å². The van der Waals surface area contributed by atoms with Crippen LogP contribution in [0.15, 0.2) is 0 Å². The topological polar surface area (TPSA) is 29.5 Å². The van der Waals surface area contributed by atoms with Gasteiger partial charge in [0.2, 0.25) is 0 Å². The summed E-state index contributed by atoms with van der Waals surface area (Å²) in [7, 11) is 0. The number of hydrogen-bond acceptors (Lipinski definition) is 3. The molecule has 17 heavy (non-hydrogen) atoms. The third-order valence-corrected chi connectivity index (χ3v) is 2.78. The first-order valence-electron chi connectivity index (χ1n) is 7.00. The molecule has 0 spiro atoms. The Hall–Kier alpha value is -0.570. The van der Waals surface area contributed by atoms with E-state index in [-0.39, 0.29) is 11.9 Å². The standard InChI is InChI=1S/C14H29NO2/c1-5-7-9-15(10-8-6-2)11-12-17-14(16)13(3)4/h13H,5-12H2,1-4H3. The molecule has 0 N–H and O–H groups in total. The molecule has 0 aromatic heterocycles. The third-order valence-electron chi connectivity index (χ3n) is 2.78. The Labute approximate surface area is 107 Å². The number of esters is 1. The van der Waals surface area contributed by atoms with E-state index in [0.717, 1.165) is 19.6 Å². The number of nitrogens with zero attached hydrogens (tertiary/aromatic N) is 1. The summed E-state index contributed by atoms with van der Waals surface area (Å²) in [6.07, 6.45) is 4.88. The molecule has 3 nitrogen and oxygen atoms in total. The summed E-state index contributed by atoms with van der Waals surface area (Å²) >= 11 is 0. The molecular weight excluding hydrogens is 214 g/mol. The van der Waals surface area contributed by atoms with Crippen molar-refractivity contribution >= 4 is 5.97 Å². The van der Waals surface area contributed by atoms with Gasteiger partial charge in [0.15, 0.2) is 0 Å². The second kappa shape index (κ2) is 10.6. The van der Waals surface area contributed by atoms with Crippen LogP contribution in [0, 0.1) is 5.92 Å². The van der Waals surface area contributed by atoms with Crippen molar-refractivity contribution in [3.8, 4) is 0 Å². The maximum absolute atomic E-state index is 11.3. The van der Waals surface area contributed by atoms with Crippen molar-refractivity contribution in [3.05, 3.63) is 0 Å². The average Bonchev–Trinajstić information content (AvgIpc) is 2.31. The maximum Gasteiger partial charge on any atom is 0.308 e. The van der Waals surface area contributed by atoms with E-state index in [4.69, 9.17) is 4.74 Å². The summed E-state index contributed by atoms with van der Waals surface area (Å²) in [5, 5.41) is 0. The first kappa shape index (κ1) is 16.4. The molecule has 0 aromatic rings. The van der Waals surface area contributed by atoms with E-state index in [1.807, 2.05) is 13.8 Å². The largest absolute Gasteiger partial charge is 0.464 e. The quantitative estimate of drug-likeness (QED) is 0.552. The molecule has 0 aromatic carbocycles. The third kappa shape index (κ3) is 9.16. The summed E-state index contributed by atoms with van der Waals surface area (Å²) in [5.41, 5.74) is 0. The van der Waals surface area contributed by atoms with Gasteiger partial charge in [-0.3, -0.25) is 9.69 Å². The fourth-order valence-corrected chi connectivity index (χ4v) is 1.54. The number of ether oxygens (including phenoxy) is 1. The van der Waals surface area contributed by atoms with E-state index in [1.54, 1.807) is 0 Å². The first-order chi connectivity index (χ1) is 8.11. The number of hydrogen-bond donors (Lipinski definition) is 0. The number of carbonyl (C=O) groups excluding carboxylic acids is 1. The zero-order valence-corrected chi connectivity index (χ0v) is 12.0. The molecule has 0 bridgehead atoms. The Balaban J connectivity index is 3.77. The Morgan fingerprint density at radius 3 is 2.00 bits per heavy atom. The van der Waals surface area contributed by atoms with E-state index in [9.17, 15) is 4.79 Å². The Bertz CT molecular complexity index is 185. The van der Waals surface area contributed by atoms with Gasteiger partial charge in [0.05, 0.1) is 5.92 Å². The molecule has 0 unspecified atom stereocenters. The molecule has 0 aliphatic heterocycles. The fourth-order valence-electron chi connectivity index (χ4n) is 1.54. The normalized spacial score (nSPS) is 11.2. The van der Waals surface area contributed by atoms with Gasteiger partial charge in [-0.25, -0.2) is 0 Å². The second-order valence-electron chi connectivity index (χ2n) is 4.87. The van der Waals surface area contributed by atoms with Gasteiger partial charge in [-0.15, -0.1) is 0 Å². The lowest BCUT2D eigenvalue weighted by Crippen LogP contribution is -2.30. The van der Waals surface area contributed by atoms with E-state index >= 15 is 0 Å². The van der Waals surface area contributed by atoms with Crippen molar-refractivity contribution < 1.29 is 9.53 Å². The van der Waals surface area contributed by atoms with Gasteiger partial charge < -0.3 is 4.74 Å². The average molecular weight is 243 g/mol. The summed E-state index contributed by atoms with van der Waals surface area (Å²) < 4.78 is 5.21. The minimum absolute atomic E-state index is 0.0188. The zero-order chi connectivity index (χ0) is 13.1. The lowest BCUT2D eigenvalue weighted by atomic mass is 10.2. The highest BCUT2D eigenvalue weighted by Crippen LogP contribution is 2.00. The molecule has 0 heterocycles. The van der Waals surface area contributed by atoms with E-state index in [2.05, 4.69) is 18.7 Å². The molecule has 0 amide bonds. The SMILES string of the molecule is CCCCN(CCCC)CCOC(=O)C(C)C. The highest BCUT2D eigenvalue weighted by atomic mass is 16.5. The lowest BCUT2D eigenvalue weighted by Gasteiger charge is -2.21. The van der Waals surface area contributed by atoms with E-state index < -0.39 is 0 Å². The Morgan fingerprint density at radius 2 is 1.59 bits per heavy atom. The minimum atomic E-state index is -0.0871. The van der Waals surface area contributed by atoms with Gasteiger partial charge in [-0.1, -0.05) is 40.5 Å². The van der Waals surface area contributed by atoms with Crippen LogP contribution < -0.4 is 0 Å². The minimum Gasteiger partial charge on any atom is -0.464 e. The van der Waals surface area contributed by atoms with Crippen LogP contribution in [0.25, 0.3) is 0 Å². The molecule has 0 aliphatic carbocycles. The summed E-state index contributed by atoms with van der Waals surface area (Å²) in [4.78, 5) is 13.7. The Kier molecular flexibility index (Phi) is 10.2. The maximum atomic E-state index is 11.3. The van der Waals surface area contributed by atoms with Crippen molar-refractivity contribution in [1.82, 2.24) is 4.90 Å². The highest BCUT2D eigenvalue weighted by Gasteiger charge is 2.09. The van der Waals surface area contributed by atoms with Crippen molar-refractivity contribution in [2.24, 2.45) is 5.92 Å². The first-order valence-corrected chi connectivity index (χ1v) is 7.00. The van der Waals surface area contributed by atoms with Crippen molar-refractivity contribution in [2.75, 3.05) is 26.2 Å². The monoisotopic (exact) mass is 243 g/mol. The number of rotatable bonds is 10.